The second-order valence-corrected chi connectivity index (χ2v) is 6.92. The molecule has 0 heterocycles. The van der Waals surface area contributed by atoms with E-state index < -0.39 is 15.8 Å². The summed E-state index contributed by atoms with van der Waals surface area (Å²) in [6.45, 7) is 1.81. The summed E-state index contributed by atoms with van der Waals surface area (Å²) >= 11 is 3.09. The smallest absolute Gasteiger partial charge is 0.208 e. The van der Waals surface area contributed by atoms with Crippen LogP contribution < -0.4 is 4.72 Å². The molecule has 0 aromatic heterocycles. The lowest BCUT2D eigenvalue weighted by atomic mass is 10.2. The average Bonchev–Trinajstić information content (AvgIpc) is 2.98. The van der Waals surface area contributed by atoms with Gasteiger partial charge in [0.05, 0.1) is 0 Å². The third-order valence-electron chi connectivity index (χ3n) is 2.85. The molecule has 0 amide bonds. The van der Waals surface area contributed by atoms with Crippen molar-refractivity contribution in [2.75, 3.05) is 0 Å². The highest BCUT2D eigenvalue weighted by atomic mass is 79.9. The molecule has 1 aromatic carbocycles. The van der Waals surface area contributed by atoms with E-state index in [1.807, 2.05) is 6.92 Å². The molecule has 1 N–H and O–H groups in total. The van der Waals surface area contributed by atoms with Crippen LogP contribution in [0.3, 0.4) is 0 Å². The van der Waals surface area contributed by atoms with Crippen LogP contribution in [0.1, 0.15) is 19.8 Å². The van der Waals surface area contributed by atoms with E-state index in [1.165, 1.54) is 12.1 Å². The molecule has 1 atom stereocenters. The molecule has 1 aliphatic rings. The van der Waals surface area contributed by atoms with Gasteiger partial charge in [0.2, 0.25) is 10.0 Å². The quantitative estimate of drug-likeness (QED) is 0.926. The second kappa shape index (κ2) is 4.66. The minimum absolute atomic E-state index is 0.136. The summed E-state index contributed by atoms with van der Waals surface area (Å²) in [6.07, 6.45) is 2.07. The van der Waals surface area contributed by atoms with E-state index >= 15 is 0 Å². The van der Waals surface area contributed by atoms with Crippen LogP contribution in [0, 0.1) is 11.7 Å². The van der Waals surface area contributed by atoms with Gasteiger partial charge in [-0.25, -0.2) is 17.5 Å². The lowest BCUT2D eigenvalue weighted by Gasteiger charge is -2.13. The maximum Gasteiger partial charge on any atom is 0.243 e. The molecule has 0 spiro atoms. The zero-order valence-electron chi connectivity index (χ0n) is 9.28. The number of sulfonamides is 1. The fourth-order valence-corrected chi connectivity index (χ4v) is 3.40. The molecule has 2 rings (SSSR count). The average molecular weight is 322 g/mol. The summed E-state index contributed by atoms with van der Waals surface area (Å²) in [5, 5.41) is 0. The zero-order valence-corrected chi connectivity index (χ0v) is 11.7. The Balaban J connectivity index is 2.24. The van der Waals surface area contributed by atoms with Gasteiger partial charge in [0.1, 0.15) is 10.7 Å². The molecule has 1 unspecified atom stereocenters. The minimum atomic E-state index is -3.76. The Morgan fingerprint density at radius 1 is 1.47 bits per heavy atom. The van der Waals surface area contributed by atoms with Crippen molar-refractivity contribution in [3.05, 3.63) is 28.5 Å². The molecule has 0 radical (unpaired) electrons. The van der Waals surface area contributed by atoms with Crippen molar-refractivity contribution >= 4 is 26.0 Å². The van der Waals surface area contributed by atoms with Crippen LogP contribution in [-0.2, 0) is 10.0 Å². The van der Waals surface area contributed by atoms with Crippen LogP contribution in [0.4, 0.5) is 4.39 Å². The van der Waals surface area contributed by atoms with E-state index in [-0.39, 0.29) is 10.9 Å². The van der Waals surface area contributed by atoms with Gasteiger partial charge in [-0.15, -0.1) is 0 Å². The Kier molecular flexibility index (Phi) is 3.56. The Bertz CT molecular complexity index is 528. The molecule has 94 valence electrons. The van der Waals surface area contributed by atoms with E-state index in [0.717, 1.165) is 18.9 Å². The third kappa shape index (κ3) is 3.05. The predicted molar refractivity (Wildman–Crippen MR) is 66.6 cm³/mol. The monoisotopic (exact) mass is 321 g/mol. The zero-order chi connectivity index (χ0) is 12.6. The molecule has 3 nitrogen and oxygen atoms in total. The van der Waals surface area contributed by atoms with Crippen molar-refractivity contribution < 1.29 is 12.8 Å². The number of rotatable bonds is 4. The second-order valence-electron chi connectivity index (χ2n) is 4.32. The van der Waals surface area contributed by atoms with E-state index in [2.05, 4.69) is 20.7 Å². The van der Waals surface area contributed by atoms with Crippen LogP contribution in [0.15, 0.2) is 27.6 Å². The van der Waals surface area contributed by atoms with Gasteiger partial charge in [0.15, 0.2) is 0 Å². The van der Waals surface area contributed by atoms with Gasteiger partial charge in [-0.05, 0) is 43.9 Å². The van der Waals surface area contributed by atoms with Crippen LogP contribution in [0.2, 0.25) is 0 Å². The Labute approximate surface area is 109 Å². The molecular weight excluding hydrogens is 309 g/mol. The number of nitrogens with one attached hydrogen (secondary N) is 1. The molecule has 0 saturated heterocycles. The normalized spacial score (nSPS) is 18.1. The lowest BCUT2D eigenvalue weighted by Crippen LogP contribution is -2.34. The molecule has 1 fully saturated rings. The van der Waals surface area contributed by atoms with Crippen LogP contribution in [0.25, 0.3) is 0 Å². The highest BCUT2D eigenvalue weighted by Gasteiger charge is 2.32. The maximum atomic E-state index is 13.6. The van der Waals surface area contributed by atoms with Crippen molar-refractivity contribution in [2.24, 2.45) is 5.92 Å². The fraction of sp³-hybridized carbons (Fsp3) is 0.455. The van der Waals surface area contributed by atoms with Crippen molar-refractivity contribution in [1.29, 1.82) is 0 Å². The Morgan fingerprint density at radius 2 is 2.12 bits per heavy atom. The summed E-state index contributed by atoms with van der Waals surface area (Å²) in [6, 6.07) is 3.79. The van der Waals surface area contributed by atoms with Gasteiger partial charge in [-0.1, -0.05) is 15.9 Å². The number of hydrogen-bond donors (Lipinski definition) is 1. The fourth-order valence-electron chi connectivity index (χ4n) is 1.69. The molecule has 1 aliphatic carbocycles. The molecule has 0 aliphatic heterocycles. The van der Waals surface area contributed by atoms with Crippen molar-refractivity contribution in [2.45, 2.75) is 30.7 Å². The largest absolute Gasteiger partial charge is 0.243 e. The first kappa shape index (κ1) is 13.0. The first-order valence-electron chi connectivity index (χ1n) is 5.37. The van der Waals surface area contributed by atoms with E-state index in [4.69, 9.17) is 0 Å². The summed E-state index contributed by atoms with van der Waals surface area (Å²) in [4.78, 5) is -0.298. The van der Waals surface area contributed by atoms with Crippen molar-refractivity contribution in [1.82, 2.24) is 4.72 Å². The SMILES string of the molecule is CC(NS(=O)(=O)c1ccc(Br)cc1F)C1CC1. The lowest BCUT2D eigenvalue weighted by molar-refractivity contribution is 0.526. The van der Waals surface area contributed by atoms with E-state index in [1.54, 1.807) is 0 Å². The first-order chi connectivity index (χ1) is 7.90. The van der Waals surface area contributed by atoms with Gasteiger partial charge in [-0.2, -0.15) is 0 Å². The highest BCUT2D eigenvalue weighted by molar-refractivity contribution is 9.10. The van der Waals surface area contributed by atoms with Crippen LogP contribution >= 0.6 is 15.9 Å². The molecule has 1 saturated carbocycles. The minimum Gasteiger partial charge on any atom is -0.208 e. The molecular formula is C11H13BrFNO2S. The number of hydrogen-bond acceptors (Lipinski definition) is 2. The highest BCUT2D eigenvalue weighted by Crippen LogP contribution is 2.33. The van der Waals surface area contributed by atoms with Gasteiger partial charge in [0, 0.05) is 10.5 Å². The number of benzene rings is 1. The van der Waals surface area contributed by atoms with Crippen molar-refractivity contribution in [3.8, 4) is 0 Å². The first-order valence-corrected chi connectivity index (χ1v) is 7.65. The standard InChI is InChI=1S/C11H13BrFNO2S/c1-7(8-2-3-8)14-17(15,16)11-5-4-9(12)6-10(11)13/h4-8,14H,2-3H2,1H3. The summed E-state index contributed by atoms with van der Waals surface area (Å²) in [5.74, 6) is -0.349. The van der Waals surface area contributed by atoms with Crippen LogP contribution in [-0.4, -0.2) is 14.5 Å². The third-order valence-corrected chi connectivity index (χ3v) is 4.94. The van der Waals surface area contributed by atoms with Gasteiger partial charge < -0.3 is 0 Å². The Hall–Kier alpha value is -0.460. The Morgan fingerprint density at radius 3 is 2.65 bits per heavy atom. The maximum absolute atomic E-state index is 13.6. The van der Waals surface area contributed by atoms with Gasteiger partial charge in [0.25, 0.3) is 0 Å². The summed E-state index contributed by atoms with van der Waals surface area (Å²) in [5.41, 5.74) is 0. The molecule has 0 bridgehead atoms. The van der Waals surface area contributed by atoms with E-state index in [0.29, 0.717) is 10.4 Å². The molecule has 17 heavy (non-hydrogen) atoms. The van der Waals surface area contributed by atoms with E-state index in [9.17, 15) is 12.8 Å². The van der Waals surface area contributed by atoms with Crippen LogP contribution in [0.5, 0.6) is 0 Å². The van der Waals surface area contributed by atoms with Crippen molar-refractivity contribution in [3.63, 3.8) is 0 Å². The predicted octanol–water partition coefficient (Wildman–Crippen LogP) is 2.67. The summed E-state index contributed by atoms with van der Waals surface area (Å²) in [7, 11) is -3.76. The van der Waals surface area contributed by atoms with Gasteiger partial charge >= 0.3 is 0 Å². The molecule has 6 heteroatoms. The topological polar surface area (TPSA) is 46.2 Å². The summed E-state index contributed by atoms with van der Waals surface area (Å²) < 4.78 is 40.5. The van der Waals surface area contributed by atoms with Gasteiger partial charge in [-0.3, -0.25) is 0 Å². The number of halogens is 2. The molecule has 1 aromatic rings.